The van der Waals surface area contributed by atoms with Crippen molar-refractivity contribution in [1.82, 2.24) is 14.7 Å². The van der Waals surface area contributed by atoms with E-state index in [-0.39, 0.29) is 5.56 Å². The normalized spacial score (nSPS) is 15.2. The molecule has 0 unspecified atom stereocenters. The van der Waals surface area contributed by atoms with Gasteiger partial charge in [-0.1, -0.05) is 18.2 Å². The first kappa shape index (κ1) is 10.4. The summed E-state index contributed by atoms with van der Waals surface area (Å²) in [5.41, 5.74) is 4.24. The Bertz CT molecular complexity index is 624. The largest absolute Gasteiger partial charge is 0.296 e. The molecule has 0 aliphatic carbocycles. The number of fused-ring (bicyclic) bond motifs is 1. The third-order valence-electron chi connectivity index (χ3n) is 3.31. The molecule has 4 nitrogen and oxygen atoms in total. The molecular weight excluding hydrogens is 214 g/mol. The Labute approximate surface area is 99.5 Å². The average molecular weight is 229 g/mol. The highest BCUT2D eigenvalue weighted by Gasteiger charge is 2.24. The Hall–Kier alpha value is -1.81. The van der Waals surface area contributed by atoms with E-state index < -0.39 is 0 Å². The van der Waals surface area contributed by atoms with Crippen LogP contribution in [0.2, 0.25) is 0 Å². The number of rotatable bonds is 1. The molecule has 0 saturated carbocycles. The van der Waals surface area contributed by atoms with E-state index in [2.05, 4.69) is 23.0 Å². The second-order valence-corrected chi connectivity index (χ2v) is 4.66. The summed E-state index contributed by atoms with van der Waals surface area (Å²) >= 11 is 0. The standard InChI is InChI=1S/C13H15N3O/c1-9-5-3-4-6-11(9)16-12-8-15(2)7-10(12)13(17)14-16/h3-6H,7-8H2,1-2H3,(H,14,17). The molecule has 88 valence electrons. The number of nitrogens with zero attached hydrogens (tertiary/aromatic N) is 2. The predicted molar refractivity (Wildman–Crippen MR) is 66.3 cm³/mol. The first-order valence-electron chi connectivity index (χ1n) is 5.74. The van der Waals surface area contributed by atoms with Gasteiger partial charge in [0.2, 0.25) is 0 Å². The number of nitrogens with one attached hydrogen (secondary N) is 1. The molecule has 1 aromatic heterocycles. The van der Waals surface area contributed by atoms with E-state index in [4.69, 9.17) is 0 Å². The molecule has 0 fully saturated rings. The molecule has 1 aliphatic rings. The summed E-state index contributed by atoms with van der Waals surface area (Å²) in [5.74, 6) is 0. The number of hydrogen-bond acceptors (Lipinski definition) is 2. The van der Waals surface area contributed by atoms with Crippen LogP contribution in [0.5, 0.6) is 0 Å². The third-order valence-corrected chi connectivity index (χ3v) is 3.31. The van der Waals surface area contributed by atoms with Gasteiger partial charge in [0.05, 0.1) is 16.9 Å². The zero-order chi connectivity index (χ0) is 12.0. The van der Waals surface area contributed by atoms with Crippen molar-refractivity contribution in [2.75, 3.05) is 7.05 Å². The molecule has 2 heterocycles. The van der Waals surface area contributed by atoms with E-state index in [1.54, 1.807) is 0 Å². The molecule has 3 rings (SSSR count). The van der Waals surface area contributed by atoms with E-state index in [0.717, 1.165) is 35.6 Å². The van der Waals surface area contributed by atoms with Crippen molar-refractivity contribution >= 4 is 0 Å². The van der Waals surface area contributed by atoms with Crippen LogP contribution < -0.4 is 5.56 Å². The number of benzene rings is 1. The van der Waals surface area contributed by atoms with Gasteiger partial charge < -0.3 is 0 Å². The molecule has 1 N–H and O–H groups in total. The summed E-state index contributed by atoms with van der Waals surface area (Å²) in [6.45, 7) is 3.62. The quantitative estimate of drug-likeness (QED) is 0.803. The molecule has 0 saturated heterocycles. The smallest absolute Gasteiger partial charge is 0.269 e. The molecule has 17 heavy (non-hydrogen) atoms. The van der Waals surface area contributed by atoms with Crippen LogP contribution in [0.25, 0.3) is 5.69 Å². The van der Waals surface area contributed by atoms with E-state index in [0.29, 0.717) is 0 Å². The van der Waals surface area contributed by atoms with Gasteiger partial charge in [-0.15, -0.1) is 0 Å². The van der Waals surface area contributed by atoms with Gasteiger partial charge in [0, 0.05) is 13.1 Å². The molecule has 0 radical (unpaired) electrons. The first-order chi connectivity index (χ1) is 8.16. The second kappa shape index (κ2) is 3.60. The fourth-order valence-corrected chi connectivity index (χ4v) is 2.43. The fourth-order valence-electron chi connectivity index (χ4n) is 2.43. The van der Waals surface area contributed by atoms with Crippen LogP contribution in [-0.2, 0) is 13.1 Å². The Morgan fingerprint density at radius 1 is 1.24 bits per heavy atom. The third kappa shape index (κ3) is 1.52. The fraction of sp³-hybridized carbons (Fsp3) is 0.308. The molecule has 1 aliphatic heterocycles. The van der Waals surface area contributed by atoms with Crippen molar-refractivity contribution in [3.05, 3.63) is 51.4 Å². The SMILES string of the molecule is Cc1ccccc1-n1[nH]c(=O)c2c1CN(C)C2. The number of para-hydroxylation sites is 1. The molecule has 0 amide bonds. The summed E-state index contributed by atoms with van der Waals surface area (Å²) in [5, 5.41) is 2.93. The molecule has 1 aromatic carbocycles. The van der Waals surface area contributed by atoms with Gasteiger partial charge in [0.25, 0.3) is 5.56 Å². The maximum Gasteiger partial charge on any atom is 0.269 e. The molecule has 0 bridgehead atoms. The Morgan fingerprint density at radius 3 is 2.76 bits per heavy atom. The minimum atomic E-state index is 0.0348. The molecule has 0 atom stereocenters. The van der Waals surface area contributed by atoms with E-state index in [1.807, 2.05) is 29.9 Å². The lowest BCUT2D eigenvalue weighted by molar-refractivity contribution is 0.345. The zero-order valence-corrected chi connectivity index (χ0v) is 10.0. The Kier molecular flexibility index (Phi) is 2.19. The lowest BCUT2D eigenvalue weighted by atomic mass is 10.2. The maximum atomic E-state index is 11.9. The Morgan fingerprint density at radius 2 is 2.00 bits per heavy atom. The van der Waals surface area contributed by atoms with Crippen LogP contribution in [0.15, 0.2) is 29.1 Å². The Balaban J connectivity index is 2.21. The number of aromatic amines is 1. The summed E-state index contributed by atoms with van der Waals surface area (Å²) in [4.78, 5) is 14.0. The number of H-pyrrole nitrogens is 1. The van der Waals surface area contributed by atoms with Crippen molar-refractivity contribution in [2.45, 2.75) is 20.0 Å². The summed E-state index contributed by atoms with van der Waals surface area (Å²) in [6, 6.07) is 8.08. The lowest BCUT2D eigenvalue weighted by Gasteiger charge is -2.11. The molecule has 4 heteroatoms. The first-order valence-corrected chi connectivity index (χ1v) is 5.74. The van der Waals surface area contributed by atoms with E-state index in [1.165, 1.54) is 0 Å². The molecule has 0 spiro atoms. The topological polar surface area (TPSA) is 41.0 Å². The van der Waals surface area contributed by atoms with E-state index in [9.17, 15) is 4.79 Å². The van der Waals surface area contributed by atoms with Crippen LogP contribution in [0.4, 0.5) is 0 Å². The van der Waals surface area contributed by atoms with Crippen LogP contribution in [-0.4, -0.2) is 21.7 Å². The van der Waals surface area contributed by atoms with Crippen molar-refractivity contribution in [3.63, 3.8) is 0 Å². The summed E-state index contributed by atoms with van der Waals surface area (Å²) < 4.78 is 1.93. The van der Waals surface area contributed by atoms with Crippen LogP contribution >= 0.6 is 0 Å². The molecule has 2 aromatic rings. The van der Waals surface area contributed by atoms with Crippen LogP contribution in [0.1, 0.15) is 16.8 Å². The highest BCUT2D eigenvalue weighted by molar-refractivity contribution is 5.42. The minimum absolute atomic E-state index is 0.0348. The summed E-state index contributed by atoms with van der Waals surface area (Å²) in [7, 11) is 2.03. The van der Waals surface area contributed by atoms with Crippen LogP contribution in [0.3, 0.4) is 0 Å². The second-order valence-electron chi connectivity index (χ2n) is 4.66. The highest BCUT2D eigenvalue weighted by atomic mass is 16.1. The van der Waals surface area contributed by atoms with Gasteiger partial charge in [0.1, 0.15) is 0 Å². The lowest BCUT2D eigenvalue weighted by Crippen LogP contribution is -2.16. The van der Waals surface area contributed by atoms with E-state index >= 15 is 0 Å². The van der Waals surface area contributed by atoms with Crippen molar-refractivity contribution in [1.29, 1.82) is 0 Å². The van der Waals surface area contributed by atoms with Gasteiger partial charge in [-0.3, -0.25) is 19.5 Å². The average Bonchev–Trinajstić information content (AvgIpc) is 2.80. The maximum absolute atomic E-state index is 11.9. The van der Waals surface area contributed by atoms with Crippen molar-refractivity contribution in [3.8, 4) is 5.69 Å². The monoisotopic (exact) mass is 229 g/mol. The van der Waals surface area contributed by atoms with Gasteiger partial charge in [-0.25, -0.2) is 0 Å². The van der Waals surface area contributed by atoms with Gasteiger partial charge >= 0.3 is 0 Å². The van der Waals surface area contributed by atoms with Crippen molar-refractivity contribution in [2.24, 2.45) is 0 Å². The molecular formula is C13H15N3O. The predicted octanol–water partition coefficient (Wildman–Crippen LogP) is 1.42. The van der Waals surface area contributed by atoms with Gasteiger partial charge in [0.15, 0.2) is 0 Å². The number of aromatic nitrogens is 2. The van der Waals surface area contributed by atoms with Crippen molar-refractivity contribution < 1.29 is 0 Å². The number of aryl methyl sites for hydroxylation is 1. The zero-order valence-electron chi connectivity index (χ0n) is 10.0. The van der Waals surface area contributed by atoms with Gasteiger partial charge in [-0.2, -0.15) is 0 Å². The van der Waals surface area contributed by atoms with Crippen LogP contribution in [0, 0.1) is 6.92 Å². The van der Waals surface area contributed by atoms with Gasteiger partial charge in [-0.05, 0) is 25.6 Å². The minimum Gasteiger partial charge on any atom is -0.296 e. The highest BCUT2D eigenvalue weighted by Crippen LogP contribution is 2.22. The number of hydrogen-bond donors (Lipinski definition) is 1. The summed E-state index contributed by atoms with van der Waals surface area (Å²) in [6.07, 6.45) is 0.